The summed E-state index contributed by atoms with van der Waals surface area (Å²) in [4.78, 5) is 0.264. The molecule has 0 aliphatic carbocycles. The second kappa shape index (κ2) is 9.17. The van der Waals surface area contributed by atoms with Crippen LogP contribution >= 0.6 is 23.8 Å². The average molecular weight is 442 g/mol. The molecule has 0 unspecified atom stereocenters. The van der Waals surface area contributed by atoms with Gasteiger partial charge in [0.15, 0.2) is 5.11 Å². The lowest BCUT2D eigenvalue weighted by Gasteiger charge is -2.20. The highest BCUT2D eigenvalue weighted by atomic mass is 35.5. The standard InChI is InChI=1S/C19H21ClFN3O2S2/c20-17-13-14(21)5-10-18(17)23-19(27)22-15-6-8-16(9-7-15)28(25,26)24-11-3-1-2-4-12-24/h5-10,13H,1-4,11-12H2,(H2,22,23,27). The molecule has 1 aliphatic heterocycles. The maximum absolute atomic E-state index is 13.1. The quantitative estimate of drug-likeness (QED) is 0.664. The molecule has 1 heterocycles. The zero-order valence-corrected chi connectivity index (χ0v) is 17.5. The van der Waals surface area contributed by atoms with Gasteiger partial charge in [-0.15, -0.1) is 0 Å². The summed E-state index contributed by atoms with van der Waals surface area (Å²) >= 11 is 11.2. The Kier molecular flexibility index (Phi) is 6.87. The van der Waals surface area contributed by atoms with Gasteiger partial charge in [-0.3, -0.25) is 0 Å². The lowest BCUT2D eigenvalue weighted by molar-refractivity contribution is 0.424. The molecule has 0 atom stereocenters. The molecular weight excluding hydrogens is 421 g/mol. The predicted octanol–water partition coefficient (Wildman–Crippen LogP) is 4.85. The first-order valence-electron chi connectivity index (χ1n) is 8.99. The summed E-state index contributed by atoms with van der Waals surface area (Å²) in [5.74, 6) is -0.435. The molecule has 9 heteroatoms. The Balaban J connectivity index is 1.66. The summed E-state index contributed by atoms with van der Waals surface area (Å²) in [5.41, 5.74) is 1.10. The Morgan fingerprint density at radius 1 is 1.00 bits per heavy atom. The molecule has 2 aromatic rings. The van der Waals surface area contributed by atoms with Gasteiger partial charge in [0.2, 0.25) is 10.0 Å². The van der Waals surface area contributed by atoms with Crippen molar-refractivity contribution in [2.24, 2.45) is 0 Å². The Labute approximate surface area is 174 Å². The van der Waals surface area contributed by atoms with E-state index >= 15 is 0 Å². The second-order valence-electron chi connectivity index (χ2n) is 6.55. The van der Waals surface area contributed by atoms with Crippen LogP contribution in [0.1, 0.15) is 25.7 Å². The number of nitrogens with one attached hydrogen (secondary N) is 2. The van der Waals surface area contributed by atoms with Crippen LogP contribution in [0.5, 0.6) is 0 Å². The van der Waals surface area contributed by atoms with Crippen LogP contribution in [0.2, 0.25) is 5.02 Å². The Morgan fingerprint density at radius 2 is 1.64 bits per heavy atom. The van der Waals surface area contributed by atoms with E-state index in [4.69, 9.17) is 23.8 Å². The zero-order valence-electron chi connectivity index (χ0n) is 15.1. The number of rotatable bonds is 4. The molecule has 2 aromatic carbocycles. The van der Waals surface area contributed by atoms with Gasteiger partial charge in [0.25, 0.3) is 0 Å². The number of hydrogen-bond donors (Lipinski definition) is 2. The van der Waals surface area contributed by atoms with Gasteiger partial charge in [-0.1, -0.05) is 24.4 Å². The van der Waals surface area contributed by atoms with Gasteiger partial charge in [-0.25, -0.2) is 12.8 Å². The number of nitrogens with zero attached hydrogens (tertiary/aromatic N) is 1. The Morgan fingerprint density at radius 3 is 2.25 bits per heavy atom. The summed E-state index contributed by atoms with van der Waals surface area (Å²) < 4.78 is 40.3. The number of hydrogen-bond acceptors (Lipinski definition) is 3. The summed E-state index contributed by atoms with van der Waals surface area (Å²) in [6.45, 7) is 1.13. The highest BCUT2D eigenvalue weighted by molar-refractivity contribution is 7.89. The van der Waals surface area contributed by atoms with Crippen LogP contribution in [-0.2, 0) is 10.0 Å². The van der Waals surface area contributed by atoms with Gasteiger partial charge in [-0.05, 0) is 67.5 Å². The normalized spacial score (nSPS) is 15.6. The van der Waals surface area contributed by atoms with Crippen molar-refractivity contribution in [3.05, 3.63) is 53.3 Å². The van der Waals surface area contributed by atoms with Crippen molar-refractivity contribution in [1.29, 1.82) is 0 Å². The van der Waals surface area contributed by atoms with Crippen LogP contribution in [0.25, 0.3) is 0 Å². The second-order valence-corrected chi connectivity index (χ2v) is 9.30. The van der Waals surface area contributed by atoms with E-state index in [1.807, 2.05) is 0 Å². The van der Waals surface area contributed by atoms with E-state index < -0.39 is 15.8 Å². The van der Waals surface area contributed by atoms with Gasteiger partial charge in [0.05, 0.1) is 15.6 Å². The fourth-order valence-corrected chi connectivity index (χ4v) is 4.98. The largest absolute Gasteiger partial charge is 0.332 e. The molecule has 1 saturated heterocycles. The minimum absolute atomic E-state index is 0.211. The van der Waals surface area contributed by atoms with E-state index in [-0.39, 0.29) is 15.0 Å². The van der Waals surface area contributed by atoms with Crippen LogP contribution in [0.15, 0.2) is 47.4 Å². The highest BCUT2D eigenvalue weighted by Crippen LogP contribution is 2.24. The monoisotopic (exact) mass is 441 g/mol. The minimum Gasteiger partial charge on any atom is -0.332 e. The topological polar surface area (TPSA) is 61.4 Å². The smallest absolute Gasteiger partial charge is 0.243 e. The zero-order chi connectivity index (χ0) is 20.1. The molecule has 1 aliphatic rings. The Hall–Kier alpha value is -1.74. The first kappa shape index (κ1) is 21.0. The molecule has 3 rings (SSSR count). The third-order valence-electron chi connectivity index (χ3n) is 4.49. The molecule has 0 aromatic heterocycles. The SMILES string of the molecule is O=S(=O)(c1ccc(NC(=S)Nc2ccc(F)cc2Cl)cc1)N1CCCCCC1. The van der Waals surface area contributed by atoms with E-state index in [1.165, 1.54) is 18.2 Å². The summed E-state index contributed by atoms with van der Waals surface area (Å²) in [6, 6.07) is 10.4. The number of benzene rings is 2. The van der Waals surface area contributed by atoms with Crippen LogP contribution < -0.4 is 10.6 Å². The molecular formula is C19H21ClFN3O2S2. The van der Waals surface area contributed by atoms with Gasteiger partial charge >= 0.3 is 0 Å². The Bertz CT molecular complexity index is 944. The molecule has 0 amide bonds. The van der Waals surface area contributed by atoms with E-state index in [0.717, 1.165) is 25.7 Å². The maximum Gasteiger partial charge on any atom is 0.243 e. The summed E-state index contributed by atoms with van der Waals surface area (Å²) in [7, 11) is -3.48. The minimum atomic E-state index is -3.48. The highest BCUT2D eigenvalue weighted by Gasteiger charge is 2.24. The molecule has 28 heavy (non-hydrogen) atoms. The van der Waals surface area contributed by atoms with Crippen LogP contribution in [0, 0.1) is 5.82 Å². The van der Waals surface area contributed by atoms with E-state index in [2.05, 4.69) is 10.6 Å². The van der Waals surface area contributed by atoms with Crippen LogP contribution in [0.4, 0.5) is 15.8 Å². The maximum atomic E-state index is 13.1. The van der Waals surface area contributed by atoms with Crippen LogP contribution in [0.3, 0.4) is 0 Å². The average Bonchev–Trinajstić information content (AvgIpc) is 2.94. The third kappa shape index (κ3) is 5.20. The van der Waals surface area contributed by atoms with E-state index in [1.54, 1.807) is 28.6 Å². The predicted molar refractivity (Wildman–Crippen MR) is 115 cm³/mol. The number of thiocarbonyl (C=S) groups is 1. The lowest BCUT2D eigenvalue weighted by atomic mass is 10.2. The van der Waals surface area contributed by atoms with Crippen molar-refractivity contribution >= 4 is 50.3 Å². The molecule has 5 nitrogen and oxygen atoms in total. The number of halogens is 2. The van der Waals surface area contributed by atoms with Gasteiger partial charge in [0.1, 0.15) is 5.82 Å². The van der Waals surface area contributed by atoms with Crippen molar-refractivity contribution in [3.8, 4) is 0 Å². The third-order valence-corrected chi connectivity index (χ3v) is 6.92. The molecule has 2 N–H and O–H groups in total. The fourth-order valence-electron chi connectivity index (χ4n) is 3.02. The van der Waals surface area contributed by atoms with Crippen molar-refractivity contribution in [1.82, 2.24) is 4.31 Å². The molecule has 0 radical (unpaired) electrons. The fraction of sp³-hybridized carbons (Fsp3) is 0.316. The first-order chi connectivity index (χ1) is 13.4. The van der Waals surface area contributed by atoms with Gasteiger partial charge < -0.3 is 10.6 Å². The van der Waals surface area contributed by atoms with Gasteiger partial charge in [0, 0.05) is 18.8 Å². The molecule has 0 bridgehead atoms. The van der Waals surface area contributed by atoms with E-state index in [0.29, 0.717) is 24.5 Å². The van der Waals surface area contributed by atoms with Crippen molar-refractivity contribution in [3.63, 3.8) is 0 Å². The summed E-state index contributed by atoms with van der Waals surface area (Å²) in [5, 5.41) is 6.32. The number of sulfonamides is 1. The van der Waals surface area contributed by atoms with Crippen LogP contribution in [-0.4, -0.2) is 30.9 Å². The van der Waals surface area contributed by atoms with Crippen molar-refractivity contribution in [2.45, 2.75) is 30.6 Å². The van der Waals surface area contributed by atoms with Gasteiger partial charge in [-0.2, -0.15) is 4.31 Å². The molecule has 150 valence electrons. The van der Waals surface area contributed by atoms with Crippen molar-refractivity contribution < 1.29 is 12.8 Å². The molecule has 1 fully saturated rings. The molecule has 0 spiro atoms. The first-order valence-corrected chi connectivity index (χ1v) is 11.2. The summed E-state index contributed by atoms with van der Waals surface area (Å²) in [6.07, 6.45) is 3.92. The van der Waals surface area contributed by atoms with Crippen molar-refractivity contribution in [2.75, 3.05) is 23.7 Å². The molecule has 0 saturated carbocycles. The lowest BCUT2D eigenvalue weighted by Crippen LogP contribution is -2.31. The van der Waals surface area contributed by atoms with E-state index in [9.17, 15) is 12.8 Å². The number of anilines is 2.